The van der Waals surface area contributed by atoms with Gasteiger partial charge in [0.25, 0.3) is 5.69 Å². The van der Waals surface area contributed by atoms with Crippen LogP contribution in [0, 0.1) is 17.0 Å². The zero-order valence-electron chi connectivity index (χ0n) is 15.2. The molecule has 148 valence electrons. The lowest BCUT2D eigenvalue weighted by Crippen LogP contribution is -2.33. The average molecular weight is 396 g/mol. The van der Waals surface area contributed by atoms with Crippen LogP contribution in [0.25, 0.3) is 11.5 Å². The van der Waals surface area contributed by atoms with Crippen LogP contribution >= 0.6 is 0 Å². The molecule has 3 aromatic rings. The van der Waals surface area contributed by atoms with Gasteiger partial charge in [-0.3, -0.25) is 30.0 Å². The van der Waals surface area contributed by atoms with Crippen LogP contribution < -0.4 is 5.32 Å². The number of aliphatic carboxylic acids is 1. The quantitative estimate of drug-likeness (QED) is 0.333. The molecule has 0 amide bonds. The van der Waals surface area contributed by atoms with Crippen LogP contribution in [-0.2, 0) is 4.79 Å². The molecule has 0 fully saturated rings. The van der Waals surface area contributed by atoms with E-state index in [4.69, 9.17) is 9.52 Å². The first-order valence-corrected chi connectivity index (χ1v) is 8.49. The Labute approximate surface area is 164 Å². The zero-order valence-corrected chi connectivity index (χ0v) is 15.2. The van der Waals surface area contributed by atoms with Crippen LogP contribution in [0.5, 0.6) is 0 Å². The van der Waals surface area contributed by atoms with E-state index in [1.165, 1.54) is 31.3 Å². The van der Waals surface area contributed by atoms with Crippen molar-refractivity contribution in [2.24, 2.45) is 0 Å². The Morgan fingerprint density at radius 2 is 2.07 bits per heavy atom. The van der Waals surface area contributed by atoms with Gasteiger partial charge < -0.3 is 9.52 Å². The monoisotopic (exact) mass is 396 g/mol. The molecule has 29 heavy (non-hydrogen) atoms. The van der Waals surface area contributed by atoms with Crippen molar-refractivity contribution in [1.29, 1.82) is 0 Å². The highest BCUT2D eigenvalue weighted by Gasteiger charge is 2.28. The largest absolute Gasteiger partial charge is 0.480 e. The zero-order chi connectivity index (χ0) is 21.0. The van der Waals surface area contributed by atoms with Crippen LogP contribution in [-0.4, -0.2) is 38.3 Å². The van der Waals surface area contributed by atoms with E-state index in [1.54, 1.807) is 24.3 Å². The molecule has 2 aromatic heterocycles. The highest BCUT2D eigenvalue weighted by atomic mass is 16.6. The first-order valence-electron chi connectivity index (χ1n) is 8.49. The van der Waals surface area contributed by atoms with Gasteiger partial charge in [-0.05, 0) is 25.1 Å². The molecule has 1 unspecified atom stereocenters. The van der Waals surface area contributed by atoms with Crippen molar-refractivity contribution in [3.8, 4) is 11.5 Å². The van der Waals surface area contributed by atoms with Crippen molar-refractivity contribution in [2.45, 2.75) is 13.0 Å². The summed E-state index contributed by atoms with van der Waals surface area (Å²) in [6.45, 7) is 1.08. The van der Waals surface area contributed by atoms with Crippen LogP contribution in [0.1, 0.15) is 28.0 Å². The number of hydrogen-bond acceptors (Lipinski definition) is 8. The fourth-order valence-electron chi connectivity index (χ4n) is 2.71. The second-order valence-corrected chi connectivity index (χ2v) is 6.06. The molecule has 10 heteroatoms. The van der Waals surface area contributed by atoms with Crippen molar-refractivity contribution in [2.75, 3.05) is 6.54 Å². The molecule has 2 N–H and O–H groups in total. The molecule has 0 saturated heterocycles. The van der Waals surface area contributed by atoms with Crippen molar-refractivity contribution >= 4 is 17.4 Å². The molecule has 0 aliphatic rings. The van der Waals surface area contributed by atoms with Crippen molar-refractivity contribution in [3.05, 3.63) is 75.9 Å². The third kappa shape index (κ3) is 4.50. The number of ketones is 1. The highest BCUT2D eigenvalue weighted by Crippen LogP contribution is 2.27. The SMILES string of the molecule is Cc1oc(-c2cccc([N+](=O)[O-])c2)nc1C(=O)C(NCC(=O)O)c1ccccn1. The van der Waals surface area contributed by atoms with Gasteiger partial charge in [0, 0.05) is 23.9 Å². The molecule has 1 aromatic carbocycles. The standard InChI is InChI=1S/C19H16N4O6/c1-11-16(22-19(29-11)12-5-4-6-13(9-12)23(27)28)18(26)17(21-10-15(24)25)14-7-2-3-8-20-14/h2-9,17,21H,10H2,1H3,(H,24,25). The third-order valence-electron chi connectivity index (χ3n) is 4.04. The first-order chi connectivity index (χ1) is 13.9. The molecule has 0 spiro atoms. The summed E-state index contributed by atoms with van der Waals surface area (Å²) in [5.41, 5.74) is 0.521. The summed E-state index contributed by atoms with van der Waals surface area (Å²) in [5.74, 6) is -1.40. The summed E-state index contributed by atoms with van der Waals surface area (Å²) >= 11 is 0. The smallest absolute Gasteiger partial charge is 0.317 e. The number of carbonyl (C=O) groups is 2. The lowest BCUT2D eigenvalue weighted by molar-refractivity contribution is -0.384. The van der Waals surface area contributed by atoms with Gasteiger partial charge in [-0.1, -0.05) is 12.1 Å². The van der Waals surface area contributed by atoms with Crippen molar-refractivity contribution < 1.29 is 24.0 Å². The minimum absolute atomic E-state index is 0.0138. The molecule has 0 aliphatic heterocycles. The number of aromatic nitrogens is 2. The number of nitrogens with one attached hydrogen (secondary N) is 1. The van der Waals surface area contributed by atoms with Crippen LogP contribution in [0.15, 0.2) is 53.1 Å². The maximum Gasteiger partial charge on any atom is 0.317 e. The molecule has 0 saturated carbocycles. The maximum atomic E-state index is 13.1. The summed E-state index contributed by atoms with van der Waals surface area (Å²) < 4.78 is 5.55. The van der Waals surface area contributed by atoms with E-state index >= 15 is 0 Å². The summed E-state index contributed by atoms with van der Waals surface area (Å²) in [5, 5.41) is 22.6. The minimum Gasteiger partial charge on any atom is -0.480 e. The van der Waals surface area contributed by atoms with Crippen LogP contribution in [0.2, 0.25) is 0 Å². The third-order valence-corrected chi connectivity index (χ3v) is 4.04. The van der Waals surface area contributed by atoms with Gasteiger partial charge in [-0.25, -0.2) is 4.98 Å². The van der Waals surface area contributed by atoms with Crippen molar-refractivity contribution in [3.63, 3.8) is 0 Å². The predicted molar refractivity (Wildman–Crippen MR) is 100 cm³/mol. The summed E-state index contributed by atoms with van der Waals surface area (Å²) in [7, 11) is 0. The second-order valence-electron chi connectivity index (χ2n) is 6.06. The number of nitro groups is 1. The number of hydrogen-bond donors (Lipinski definition) is 2. The van der Waals surface area contributed by atoms with E-state index in [0.29, 0.717) is 11.3 Å². The van der Waals surface area contributed by atoms with E-state index in [9.17, 15) is 19.7 Å². The lowest BCUT2D eigenvalue weighted by atomic mass is 10.0. The van der Waals surface area contributed by atoms with Gasteiger partial charge >= 0.3 is 5.97 Å². The molecular formula is C19H16N4O6. The number of aryl methyl sites for hydroxylation is 1. The number of oxazole rings is 1. The summed E-state index contributed by atoms with van der Waals surface area (Å²) in [6.07, 6.45) is 1.49. The fraction of sp³-hybridized carbons (Fsp3) is 0.158. The summed E-state index contributed by atoms with van der Waals surface area (Å²) in [6, 6.07) is 9.57. The number of pyridine rings is 1. The number of non-ortho nitro benzene ring substituents is 1. The Hall–Kier alpha value is -3.92. The molecule has 0 bridgehead atoms. The number of carboxylic acids is 1. The minimum atomic E-state index is -1.13. The molecule has 0 radical (unpaired) electrons. The second kappa shape index (κ2) is 8.40. The maximum absolute atomic E-state index is 13.1. The van der Waals surface area contributed by atoms with E-state index < -0.39 is 29.3 Å². The molecule has 2 heterocycles. The van der Waals surface area contributed by atoms with E-state index in [2.05, 4.69) is 15.3 Å². The van der Waals surface area contributed by atoms with Gasteiger partial charge in [0.2, 0.25) is 11.7 Å². The Morgan fingerprint density at radius 3 is 2.72 bits per heavy atom. The van der Waals surface area contributed by atoms with E-state index in [-0.39, 0.29) is 23.0 Å². The van der Waals surface area contributed by atoms with Crippen LogP contribution in [0.3, 0.4) is 0 Å². The Balaban J connectivity index is 1.96. The Bertz CT molecular complexity index is 1060. The topological polar surface area (TPSA) is 148 Å². The summed E-state index contributed by atoms with van der Waals surface area (Å²) in [4.78, 5) is 42.8. The predicted octanol–water partition coefficient (Wildman–Crippen LogP) is 2.55. The normalized spacial score (nSPS) is 11.8. The molecular weight excluding hydrogens is 380 g/mol. The average Bonchev–Trinajstić information content (AvgIpc) is 3.10. The number of nitro benzene ring substituents is 1. The van der Waals surface area contributed by atoms with Gasteiger partial charge in [0.15, 0.2) is 5.69 Å². The molecule has 0 aliphatic carbocycles. The van der Waals surface area contributed by atoms with Crippen molar-refractivity contribution in [1.82, 2.24) is 15.3 Å². The molecule has 1 atom stereocenters. The number of carboxylic acid groups (broad SMARTS) is 1. The van der Waals surface area contributed by atoms with E-state index in [0.717, 1.165) is 0 Å². The van der Waals surface area contributed by atoms with Gasteiger partial charge in [-0.2, -0.15) is 0 Å². The number of nitrogens with zero attached hydrogens (tertiary/aromatic N) is 3. The Kier molecular flexibility index (Phi) is 5.74. The number of Topliss-reactive ketones (excluding diaryl/α,β-unsaturated/α-hetero) is 1. The molecule has 3 rings (SSSR count). The van der Waals surface area contributed by atoms with Crippen LogP contribution in [0.4, 0.5) is 5.69 Å². The number of rotatable bonds is 8. The Morgan fingerprint density at radius 1 is 1.28 bits per heavy atom. The fourth-order valence-corrected chi connectivity index (χ4v) is 2.71. The van der Waals surface area contributed by atoms with E-state index in [1.807, 2.05) is 0 Å². The first kappa shape index (κ1) is 19.8. The highest BCUT2D eigenvalue weighted by molar-refractivity contribution is 6.00. The lowest BCUT2D eigenvalue weighted by Gasteiger charge is -2.15. The number of benzene rings is 1. The molecule has 10 nitrogen and oxygen atoms in total. The van der Waals surface area contributed by atoms with Gasteiger partial charge in [0.05, 0.1) is 17.2 Å². The van der Waals surface area contributed by atoms with Gasteiger partial charge in [0.1, 0.15) is 11.8 Å². The van der Waals surface area contributed by atoms with Gasteiger partial charge in [-0.15, -0.1) is 0 Å². The number of carbonyl (C=O) groups excluding carboxylic acids is 1.